The molecule has 0 aliphatic rings. The normalized spacial score (nSPS) is 10.5. The zero-order chi connectivity index (χ0) is 15.6. The number of aromatic nitrogens is 2. The van der Waals surface area contributed by atoms with E-state index in [-0.39, 0.29) is 23.1 Å². The van der Waals surface area contributed by atoms with Gasteiger partial charge in [-0.15, -0.1) is 0 Å². The fourth-order valence-electron chi connectivity index (χ4n) is 2.00. The number of hydrogen-bond donors (Lipinski definition) is 2. The molecule has 0 spiro atoms. The minimum absolute atomic E-state index is 0.000473. The minimum atomic E-state index is -1.13. The second kappa shape index (κ2) is 5.61. The maximum atomic E-state index is 12.3. The van der Waals surface area contributed by atoms with Crippen molar-refractivity contribution in [2.45, 2.75) is 13.3 Å². The molecule has 21 heavy (non-hydrogen) atoms. The molecule has 0 atom stereocenters. The number of aromatic amines is 1. The Morgan fingerprint density at radius 3 is 2.67 bits per heavy atom. The van der Waals surface area contributed by atoms with Crippen LogP contribution in [0.3, 0.4) is 0 Å². The third-order valence-electron chi connectivity index (χ3n) is 2.80. The fraction of sp³-hybridized carbons (Fsp3) is 0.231. The molecule has 8 heteroatoms. The van der Waals surface area contributed by atoms with Crippen molar-refractivity contribution < 1.29 is 19.4 Å². The van der Waals surface area contributed by atoms with E-state index in [0.29, 0.717) is 4.57 Å². The van der Waals surface area contributed by atoms with Crippen molar-refractivity contribution in [2.24, 2.45) is 0 Å². The van der Waals surface area contributed by atoms with Gasteiger partial charge in [0.2, 0.25) is 0 Å². The summed E-state index contributed by atoms with van der Waals surface area (Å²) in [5.74, 6) is -1.13. The number of carboxylic acids is 1. The zero-order valence-electron chi connectivity index (χ0n) is 11.1. The van der Waals surface area contributed by atoms with Gasteiger partial charge in [0.1, 0.15) is 0 Å². The van der Waals surface area contributed by atoms with E-state index in [1.54, 1.807) is 0 Å². The standard InChI is InChI=1S/C13H12N2O6/c1-2-21-13(20)15-11(18)10-7(6-9(16)17)4-3-5-8(10)14-12(15)19/h3-5H,2,6H2,1H3,(H,14,19)(H,16,17). The van der Waals surface area contributed by atoms with Gasteiger partial charge in [-0.2, -0.15) is 4.57 Å². The summed E-state index contributed by atoms with van der Waals surface area (Å²) in [5, 5.41) is 8.84. The van der Waals surface area contributed by atoms with Crippen LogP contribution in [0.2, 0.25) is 0 Å². The summed E-state index contributed by atoms with van der Waals surface area (Å²) >= 11 is 0. The molecule has 8 nitrogen and oxygen atoms in total. The average molecular weight is 292 g/mol. The Balaban J connectivity index is 2.79. The van der Waals surface area contributed by atoms with E-state index in [1.807, 2.05) is 0 Å². The number of rotatable bonds is 3. The second-order valence-corrected chi connectivity index (χ2v) is 4.18. The molecule has 1 aromatic heterocycles. The average Bonchev–Trinajstić information content (AvgIpc) is 2.37. The molecule has 2 aromatic rings. The molecule has 0 aliphatic heterocycles. The van der Waals surface area contributed by atoms with Crippen molar-refractivity contribution >= 4 is 23.0 Å². The molecule has 0 unspecified atom stereocenters. The number of aliphatic carboxylic acids is 1. The molecular weight excluding hydrogens is 280 g/mol. The number of ether oxygens (including phenoxy) is 1. The lowest BCUT2D eigenvalue weighted by Gasteiger charge is -2.07. The number of hydrogen-bond acceptors (Lipinski definition) is 5. The van der Waals surface area contributed by atoms with E-state index in [1.165, 1.54) is 25.1 Å². The Bertz CT molecular complexity index is 833. The van der Waals surface area contributed by atoms with Gasteiger partial charge < -0.3 is 14.8 Å². The summed E-state index contributed by atoms with van der Waals surface area (Å²) in [6.45, 7) is 1.54. The summed E-state index contributed by atoms with van der Waals surface area (Å²) in [6, 6.07) is 4.43. The highest BCUT2D eigenvalue weighted by atomic mass is 16.5. The topological polar surface area (TPSA) is 118 Å². The van der Waals surface area contributed by atoms with Crippen LogP contribution < -0.4 is 11.2 Å². The largest absolute Gasteiger partial charge is 0.481 e. The molecule has 0 amide bonds. The van der Waals surface area contributed by atoms with Crippen LogP contribution in [0.15, 0.2) is 27.8 Å². The molecule has 0 radical (unpaired) electrons. The monoisotopic (exact) mass is 292 g/mol. The predicted molar refractivity (Wildman–Crippen MR) is 72.6 cm³/mol. The van der Waals surface area contributed by atoms with E-state index in [0.717, 1.165) is 0 Å². The Morgan fingerprint density at radius 1 is 1.33 bits per heavy atom. The Morgan fingerprint density at radius 2 is 2.05 bits per heavy atom. The van der Waals surface area contributed by atoms with Gasteiger partial charge in [0.25, 0.3) is 5.56 Å². The quantitative estimate of drug-likeness (QED) is 0.841. The van der Waals surface area contributed by atoms with Gasteiger partial charge >= 0.3 is 17.8 Å². The zero-order valence-corrected chi connectivity index (χ0v) is 11.1. The number of benzene rings is 1. The molecule has 0 saturated heterocycles. The first-order valence-corrected chi connectivity index (χ1v) is 6.11. The van der Waals surface area contributed by atoms with Gasteiger partial charge in [0, 0.05) is 0 Å². The number of fused-ring (bicyclic) bond motifs is 1. The van der Waals surface area contributed by atoms with Gasteiger partial charge in [0.15, 0.2) is 0 Å². The lowest BCUT2D eigenvalue weighted by molar-refractivity contribution is -0.136. The lowest BCUT2D eigenvalue weighted by Crippen LogP contribution is -2.40. The maximum Gasteiger partial charge on any atom is 0.425 e. The fourth-order valence-corrected chi connectivity index (χ4v) is 2.00. The van der Waals surface area contributed by atoms with Crippen LogP contribution in [0.5, 0.6) is 0 Å². The van der Waals surface area contributed by atoms with Gasteiger partial charge in [-0.1, -0.05) is 12.1 Å². The van der Waals surface area contributed by atoms with Crippen molar-refractivity contribution in [3.63, 3.8) is 0 Å². The van der Waals surface area contributed by atoms with Crippen LogP contribution >= 0.6 is 0 Å². The highest BCUT2D eigenvalue weighted by Gasteiger charge is 2.18. The Kier molecular flexibility index (Phi) is 3.88. The molecule has 0 fully saturated rings. The van der Waals surface area contributed by atoms with Crippen LogP contribution in [0, 0.1) is 0 Å². The van der Waals surface area contributed by atoms with Crippen molar-refractivity contribution in [1.29, 1.82) is 0 Å². The van der Waals surface area contributed by atoms with Crippen LogP contribution in [0.25, 0.3) is 10.9 Å². The third-order valence-corrected chi connectivity index (χ3v) is 2.80. The van der Waals surface area contributed by atoms with Crippen molar-refractivity contribution in [2.75, 3.05) is 6.61 Å². The van der Waals surface area contributed by atoms with E-state index in [4.69, 9.17) is 5.11 Å². The third kappa shape index (κ3) is 2.69. The minimum Gasteiger partial charge on any atom is -0.481 e. The predicted octanol–water partition coefficient (Wildman–Crippen LogP) is 0.322. The van der Waals surface area contributed by atoms with E-state index >= 15 is 0 Å². The smallest absolute Gasteiger partial charge is 0.425 e. The first-order chi connectivity index (χ1) is 9.95. The number of carbonyl (C=O) groups excluding carboxylic acids is 1. The van der Waals surface area contributed by atoms with Crippen molar-refractivity contribution in [1.82, 2.24) is 9.55 Å². The number of H-pyrrole nitrogens is 1. The number of carbonyl (C=O) groups is 2. The molecule has 1 heterocycles. The molecule has 0 bridgehead atoms. The Hall–Kier alpha value is -2.90. The highest BCUT2D eigenvalue weighted by molar-refractivity contribution is 5.86. The molecule has 0 aliphatic carbocycles. The number of carboxylic acid groups (broad SMARTS) is 1. The van der Waals surface area contributed by atoms with Crippen LogP contribution in [-0.2, 0) is 16.0 Å². The summed E-state index contributed by atoms with van der Waals surface area (Å²) in [4.78, 5) is 49.0. The summed E-state index contributed by atoms with van der Waals surface area (Å²) in [7, 11) is 0. The van der Waals surface area contributed by atoms with Gasteiger partial charge in [-0.05, 0) is 18.6 Å². The molecule has 2 rings (SSSR count). The van der Waals surface area contributed by atoms with E-state index < -0.39 is 29.7 Å². The van der Waals surface area contributed by atoms with Gasteiger partial charge in [0.05, 0.1) is 23.9 Å². The first kappa shape index (κ1) is 14.5. The van der Waals surface area contributed by atoms with Gasteiger partial charge in [-0.25, -0.2) is 9.59 Å². The lowest BCUT2D eigenvalue weighted by atomic mass is 10.1. The summed E-state index contributed by atoms with van der Waals surface area (Å²) in [5.41, 5.74) is -1.45. The van der Waals surface area contributed by atoms with E-state index in [9.17, 15) is 19.2 Å². The number of nitrogens with zero attached hydrogens (tertiary/aromatic N) is 1. The number of nitrogens with one attached hydrogen (secondary N) is 1. The summed E-state index contributed by atoms with van der Waals surface area (Å²) in [6.07, 6.45) is -1.50. The molecule has 110 valence electrons. The van der Waals surface area contributed by atoms with Gasteiger partial charge in [-0.3, -0.25) is 9.59 Å². The molecular formula is C13H12N2O6. The first-order valence-electron chi connectivity index (χ1n) is 6.11. The van der Waals surface area contributed by atoms with Crippen LogP contribution in [0.4, 0.5) is 4.79 Å². The summed E-state index contributed by atoms with van der Waals surface area (Å²) < 4.78 is 4.96. The molecule has 1 aromatic carbocycles. The Labute approximate surface area is 117 Å². The van der Waals surface area contributed by atoms with Crippen molar-refractivity contribution in [3.8, 4) is 0 Å². The maximum absolute atomic E-state index is 12.3. The molecule has 0 saturated carbocycles. The van der Waals surface area contributed by atoms with Crippen LogP contribution in [-0.4, -0.2) is 33.3 Å². The second-order valence-electron chi connectivity index (χ2n) is 4.18. The SMILES string of the molecule is CCOC(=O)n1c(=O)[nH]c2cccc(CC(=O)O)c2c1=O. The van der Waals surface area contributed by atoms with E-state index in [2.05, 4.69) is 9.72 Å². The molecule has 2 N–H and O–H groups in total. The van der Waals surface area contributed by atoms with Crippen LogP contribution in [0.1, 0.15) is 12.5 Å². The van der Waals surface area contributed by atoms with Crippen molar-refractivity contribution in [3.05, 3.63) is 44.6 Å². The highest BCUT2D eigenvalue weighted by Crippen LogP contribution is 2.12.